The molecule has 0 aliphatic heterocycles. The van der Waals surface area contributed by atoms with Crippen LogP contribution in [0.3, 0.4) is 0 Å². The van der Waals surface area contributed by atoms with E-state index in [0.717, 1.165) is 22.8 Å². The Kier molecular flexibility index (Phi) is 4.69. The molecule has 0 radical (unpaired) electrons. The maximum Gasteiger partial charge on any atom is 0.355 e. The fourth-order valence-electron chi connectivity index (χ4n) is 1.15. The smallest absolute Gasteiger partial charge is 0.333 e. The summed E-state index contributed by atoms with van der Waals surface area (Å²) in [6.07, 6.45) is 2.08. The fourth-order valence-corrected chi connectivity index (χ4v) is 1.15. The molecule has 0 unspecified atom stereocenters. The molecule has 0 spiro atoms. The van der Waals surface area contributed by atoms with E-state index in [4.69, 9.17) is 4.84 Å². The van der Waals surface area contributed by atoms with Crippen LogP contribution in [-0.2, 0) is 21.0 Å². The van der Waals surface area contributed by atoms with Crippen molar-refractivity contribution in [3.8, 4) is 0 Å². The van der Waals surface area contributed by atoms with Gasteiger partial charge in [-0.3, -0.25) is 4.79 Å². The van der Waals surface area contributed by atoms with Gasteiger partial charge >= 0.3 is 5.97 Å². The van der Waals surface area contributed by atoms with Crippen LogP contribution in [0.2, 0.25) is 0 Å². The number of hydrogen-bond acceptors (Lipinski definition) is 3. The Morgan fingerprint density at radius 2 is 1.82 bits per heavy atom. The summed E-state index contributed by atoms with van der Waals surface area (Å²) in [6.45, 7) is 6.79. The summed E-state index contributed by atoms with van der Waals surface area (Å²) in [7, 11) is 0. The maximum atomic E-state index is 11.5. The third-order valence-electron chi connectivity index (χ3n) is 1.96. The van der Waals surface area contributed by atoms with Crippen LogP contribution in [0.4, 0.5) is 0 Å². The van der Waals surface area contributed by atoms with Crippen LogP contribution in [0.5, 0.6) is 0 Å². The summed E-state index contributed by atoms with van der Waals surface area (Å²) >= 11 is 0. The van der Waals surface area contributed by atoms with E-state index in [1.165, 1.54) is 0 Å². The Labute approximate surface area is 99.8 Å². The minimum Gasteiger partial charge on any atom is -0.333 e. The number of benzene rings is 1. The lowest BCUT2D eigenvalue weighted by Crippen LogP contribution is -2.31. The van der Waals surface area contributed by atoms with Gasteiger partial charge in [0.05, 0.1) is 6.54 Å². The summed E-state index contributed by atoms with van der Waals surface area (Å²) in [4.78, 5) is 27.3. The van der Waals surface area contributed by atoms with E-state index < -0.39 is 11.9 Å². The quantitative estimate of drug-likeness (QED) is 0.586. The molecule has 0 aromatic heterocycles. The number of rotatable bonds is 4. The van der Waals surface area contributed by atoms with Gasteiger partial charge in [0.25, 0.3) is 5.91 Å². The Morgan fingerprint density at radius 3 is 2.35 bits per heavy atom. The van der Waals surface area contributed by atoms with Gasteiger partial charge in [-0.05, 0) is 11.6 Å². The average Bonchev–Trinajstić information content (AvgIpc) is 2.38. The van der Waals surface area contributed by atoms with Crippen molar-refractivity contribution >= 4 is 11.9 Å². The van der Waals surface area contributed by atoms with Crippen LogP contribution >= 0.6 is 0 Å². The molecule has 17 heavy (non-hydrogen) atoms. The van der Waals surface area contributed by atoms with E-state index >= 15 is 0 Å². The summed E-state index contributed by atoms with van der Waals surface area (Å²) < 4.78 is 0. The van der Waals surface area contributed by atoms with Crippen LogP contribution in [-0.4, -0.2) is 16.9 Å². The molecule has 0 bridgehead atoms. The number of nitrogens with zero attached hydrogens (tertiary/aromatic N) is 1. The first-order valence-corrected chi connectivity index (χ1v) is 4.99. The lowest BCUT2D eigenvalue weighted by molar-refractivity contribution is -0.193. The van der Waals surface area contributed by atoms with Gasteiger partial charge in [0.2, 0.25) is 0 Å². The molecule has 1 rings (SSSR count). The van der Waals surface area contributed by atoms with Crippen molar-refractivity contribution in [2.24, 2.45) is 0 Å². The number of amides is 1. The molecule has 1 amide bonds. The molecule has 0 aliphatic rings. The first-order valence-electron chi connectivity index (χ1n) is 4.99. The highest BCUT2D eigenvalue weighted by atomic mass is 16.7. The maximum absolute atomic E-state index is 11.5. The van der Waals surface area contributed by atoms with Crippen molar-refractivity contribution in [2.45, 2.75) is 6.54 Å². The highest BCUT2D eigenvalue weighted by molar-refractivity contribution is 5.88. The normalized spacial score (nSPS) is 9.18. The molecule has 4 heteroatoms. The number of carbonyl (C=O) groups excluding carboxylic acids is 2. The highest BCUT2D eigenvalue weighted by Gasteiger charge is 2.14. The molecular formula is C13H13NO3. The van der Waals surface area contributed by atoms with Crippen LogP contribution in [0.1, 0.15) is 5.56 Å². The first-order chi connectivity index (χ1) is 8.17. The van der Waals surface area contributed by atoms with Crippen LogP contribution in [0.15, 0.2) is 55.6 Å². The zero-order valence-electron chi connectivity index (χ0n) is 9.33. The standard InChI is InChI=1S/C13H13NO3/c1-3-12(15)14(17-13(16)4-2)10-11-8-6-5-7-9-11/h3-9H,1-2,10H2. The monoisotopic (exact) mass is 231 g/mol. The van der Waals surface area contributed by atoms with E-state index in [-0.39, 0.29) is 6.54 Å². The van der Waals surface area contributed by atoms with Gasteiger partial charge in [-0.1, -0.05) is 43.5 Å². The Morgan fingerprint density at radius 1 is 1.18 bits per heavy atom. The van der Waals surface area contributed by atoms with Gasteiger partial charge in [0.1, 0.15) is 0 Å². The van der Waals surface area contributed by atoms with Crippen LogP contribution in [0.25, 0.3) is 0 Å². The van der Waals surface area contributed by atoms with E-state index in [2.05, 4.69) is 13.2 Å². The van der Waals surface area contributed by atoms with Gasteiger partial charge in [-0.25, -0.2) is 4.79 Å². The van der Waals surface area contributed by atoms with Gasteiger partial charge in [-0.2, -0.15) is 5.06 Å². The van der Waals surface area contributed by atoms with E-state index in [1.54, 1.807) is 0 Å². The van der Waals surface area contributed by atoms with E-state index in [1.807, 2.05) is 30.3 Å². The van der Waals surface area contributed by atoms with E-state index in [0.29, 0.717) is 0 Å². The number of hydrogen-bond donors (Lipinski definition) is 0. The fraction of sp³-hybridized carbons (Fsp3) is 0.0769. The molecular weight excluding hydrogens is 218 g/mol. The van der Waals surface area contributed by atoms with Crippen molar-refractivity contribution in [3.05, 3.63) is 61.2 Å². The van der Waals surface area contributed by atoms with E-state index in [9.17, 15) is 9.59 Å². The molecule has 0 heterocycles. The molecule has 88 valence electrons. The molecule has 1 aromatic carbocycles. The predicted molar refractivity (Wildman–Crippen MR) is 63.5 cm³/mol. The van der Waals surface area contributed by atoms with Gasteiger partial charge in [0, 0.05) is 6.08 Å². The van der Waals surface area contributed by atoms with Crippen molar-refractivity contribution < 1.29 is 14.4 Å². The number of carbonyl (C=O) groups is 2. The largest absolute Gasteiger partial charge is 0.355 e. The van der Waals surface area contributed by atoms with Crippen LogP contribution < -0.4 is 0 Å². The zero-order chi connectivity index (χ0) is 12.7. The molecule has 0 atom stereocenters. The van der Waals surface area contributed by atoms with Crippen molar-refractivity contribution in [1.82, 2.24) is 5.06 Å². The average molecular weight is 231 g/mol. The van der Waals surface area contributed by atoms with Crippen molar-refractivity contribution in [1.29, 1.82) is 0 Å². The molecule has 0 saturated carbocycles. The SMILES string of the molecule is C=CC(=O)ON(Cc1ccccc1)C(=O)C=C. The molecule has 1 aromatic rings. The first kappa shape index (κ1) is 12.7. The van der Waals surface area contributed by atoms with Gasteiger partial charge < -0.3 is 4.84 Å². The molecule has 0 aliphatic carbocycles. The summed E-state index contributed by atoms with van der Waals surface area (Å²) in [6, 6.07) is 9.18. The third-order valence-corrected chi connectivity index (χ3v) is 1.96. The highest BCUT2D eigenvalue weighted by Crippen LogP contribution is 2.06. The second-order valence-electron chi connectivity index (χ2n) is 3.18. The summed E-state index contributed by atoms with van der Waals surface area (Å²) in [5, 5.41) is 0.937. The predicted octanol–water partition coefficient (Wildman–Crippen LogP) is 1.85. The van der Waals surface area contributed by atoms with Crippen LogP contribution in [0, 0.1) is 0 Å². The molecule has 0 N–H and O–H groups in total. The molecule has 0 saturated heterocycles. The molecule has 4 nitrogen and oxygen atoms in total. The topological polar surface area (TPSA) is 46.6 Å². The Bertz CT molecular complexity index is 426. The second-order valence-corrected chi connectivity index (χ2v) is 3.18. The van der Waals surface area contributed by atoms with Crippen molar-refractivity contribution in [3.63, 3.8) is 0 Å². The second kappa shape index (κ2) is 6.27. The lowest BCUT2D eigenvalue weighted by Gasteiger charge is -2.18. The third kappa shape index (κ3) is 3.95. The zero-order valence-corrected chi connectivity index (χ0v) is 9.33. The van der Waals surface area contributed by atoms with Gasteiger partial charge in [-0.15, -0.1) is 0 Å². The molecule has 0 fully saturated rings. The minimum atomic E-state index is -0.684. The van der Waals surface area contributed by atoms with Crippen molar-refractivity contribution in [2.75, 3.05) is 0 Å². The summed E-state index contributed by atoms with van der Waals surface area (Å²) in [5.41, 5.74) is 0.847. The lowest BCUT2D eigenvalue weighted by atomic mass is 10.2. The number of hydroxylamine groups is 2. The Balaban J connectivity index is 2.77. The van der Waals surface area contributed by atoms with Gasteiger partial charge in [0.15, 0.2) is 0 Å². The summed E-state index contributed by atoms with van der Waals surface area (Å²) in [5.74, 6) is -1.17. The minimum absolute atomic E-state index is 0.172. The Hall–Kier alpha value is -2.36.